The zero-order valence-corrected chi connectivity index (χ0v) is 28.2. The van der Waals surface area contributed by atoms with Crippen molar-refractivity contribution in [3.05, 3.63) is 0 Å². The lowest BCUT2D eigenvalue weighted by Gasteiger charge is -2.27. The predicted octanol–water partition coefficient (Wildman–Crippen LogP) is -2.95. The number of carbonyl (C=O) groups is 8. The Labute approximate surface area is 293 Å². The first kappa shape index (κ1) is 44.6. The van der Waals surface area contributed by atoms with Gasteiger partial charge in [-0.05, 0) is 0 Å². The molecule has 0 bridgehead atoms. The van der Waals surface area contributed by atoms with Crippen LogP contribution in [0, 0.1) is 0 Å². The van der Waals surface area contributed by atoms with E-state index in [4.69, 9.17) is 39.4 Å². The average molecular weight is 736 g/mol. The van der Waals surface area contributed by atoms with Gasteiger partial charge in [0.25, 0.3) is 0 Å². The van der Waals surface area contributed by atoms with Crippen molar-refractivity contribution < 1.29 is 77.7 Å². The summed E-state index contributed by atoms with van der Waals surface area (Å²) in [6.45, 7) is 0.650. The molecule has 0 aromatic rings. The number of aliphatic carboxylic acids is 4. The van der Waals surface area contributed by atoms with Crippen molar-refractivity contribution in [1.82, 2.24) is 26.6 Å². The maximum Gasteiger partial charge on any atom is 0.306 e. The van der Waals surface area contributed by atoms with Gasteiger partial charge < -0.3 is 66.0 Å². The van der Waals surface area contributed by atoms with Gasteiger partial charge in [-0.15, -0.1) is 0 Å². The highest BCUT2D eigenvalue weighted by molar-refractivity contribution is 5.78. The molecule has 51 heavy (non-hydrogen) atoms. The van der Waals surface area contributed by atoms with Crippen molar-refractivity contribution >= 4 is 47.8 Å². The molecule has 21 nitrogen and oxygen atoms in total. The maximum absolute atomic E-state index is 12.2. The fourth-order valence-corrected chi connectivity index (χ4v) is 4.23. The van der Waals surface area contributed by atoms with E-state index >= 15 is 0 Å². The molecule has 0 amide bonds. The van der Waals surface area contributed by atoms with E-state index in [0.717, 1.165) is 0 Å². The molecule has 0 radical (unpaired) electrons. The van der Waals surface area contributed by atoms with E-state index in [9.17, 15) is 38.4 Å². The van der Waals surface area contributed by atoms with E-state index in [-0.39, 0.29) is 78.3 Å². The Hall–Kier alpha value is -4.44. The highest BCUT2D eigenvalue weighted by Gasteiger charge is 2.22. The van der Waals surface area contributed by atoms with Crippen LogP contribution in [0.5, 0.6) is 0 Å². The first-order valence-electron chi connectivity index (χ1n) is 16.4. The zero-order chi connectivity index (χ0) is 38.0. The molecule has 1 aliphatic rings. The summed E-state index contributed by atoms with van der Waals surface area (Å²) in [4.78, 5) is 91.9. The predicted molar refractivity (Wildman–Crippen MR) is 171 cm³/mol. The smallest absolute Gasteiger partial charge is 0.306 e. The number of hydrogen-bond donors (Lipinski definition) is 9. The van der Waals surface area contributed by atoms with E-state index in [1.165, 1.54) is 0 Å². The second kappa shape index (κ2) is 26.4. The van der Waals surface area contributed by atoms with E-state index in [1.807, 2.05) is 0 Å². The lowest BCUT2D eigenvalue weighted by molar-refractivity contribution is -0.149. The van der Waals surface area contributed by atoms with Crippen molar-refractivity contribution in [2.24, 2.45) is 0 Å². The molecular formula is C30H49N5O16. The van der Waals surface area contributed by atoms with Crippen LogP contribution in [0.25, 0.3) is 0 Å². The number of rotatable bonds is 20. The fourth-order valence-electron chi connectivity index (χ4n) is 4.23. The monoisotopic (exact) mass is 735 g/mol. The van der Waals surface area contributed by atoms with Gasteiger partial charge >= 0.3 is 47.8 Å². The first-order valence-corrected chi connectivity index (χ1v) is 16.4. The molecular weight excluding hydrogens is 686 g/mol. The second-order valence-electron chi connectivity index (χ2n) is 11.5. The molecule has 1 aliphatic heterocycles. The van der Waals surface area contributed by atoms with Crippen LogP contribution in [0.4, 0.5) is 0 Å². The van der Waals surface area contributed by atoms with Crippen LogP contribution >= 0.6 is 0 Å². The summed E-state index contributed by atoms with van der Waals surface area (Å²) >= 11 is 0. The van der Waals surface area contributed by atoms with Crippen LogP contribution in [0.2, 0.25) is 0 Å². The van der Waals surface area contributed by atoms with Crippen LogP contribution in [-0.2, 0) is 57.3 Å². The van der Waals surface area contributed by atoms with Gasteiger partial charge in [-0.2, -0.15) is 0 Å². The highest BCUT2D eigenvalue weighted by atomic mass is 16.5. The summed E-state index contributed by atoms with van der Waals surface area (Å²) < 4.78 is 21.1. The molecule has 1 saturated heterocycles. The van der Waals surface area contributed by atoms with Gasteiger partial charge in [0, 0.05) is 39.3 Å². The molecule has 1 heterocycles. The summed E-state index contributed by atoms with van der Waals surface area (Å²) in [6, 6.07) is -2.26. The van der Waals surface area contributed by atoms with Crippen LogP contribution in [0.3, 0.4) is 0 Å². The lowest BCUT2D eigenvalue weighted by Crippen LogP contribution is -2.53. The van der Waals surface area contributed by atoms with Crippen molar-refractivity contribution in [3.63, 3.8) is 0 Å². The molecule has 0 spiro atoms. The van der Waals surface area contributed by atoms with E-state index in [0.29, 0.717) is 13.1 Å². The molecule has 0 saturated carbocycles. The summed E-state index contributed by atoms with van der Waals surface area (Å²) in [6.07, 6.45) is -3.04. The van der Waals surface area contributed by atoms with Gasteiger partial charge in [0.1, 0.15) is 26.4 Å². The topological polar surface area (TPSA) is 315 Å². The summed E-state index contributed by atoms with van der Waals surface area (Å²) in [5.41, 5.74) is 0. The molecule has 1 rings (SSSR count). The molecule has 21 heteroatoms. The number of nitrogens with one attached hydrogen (secondary N) is 5. The first-order chi connectivity index (χ1) is 24.2. The molecule has 0 aromatic heterocycles. The minimum absolute atomic E-state index is 0.0867. The van der Waals surface area contributed by atoms with E-state index in [1.54, 1.807) is 0 Å². The Kier molecular flexibility index (Phi) is 23.1. The van der Waals surface area contributed by atoms with Crippen molar-refractivity contribution in [2.75, 3.05) is 65.7 Å². The highest BCUT2D eigenvalue weighted by Crippen LogP contribution is 2.01. The van der Waals surface area contributed by atoms with Crippen molar-refractivity contribution in [3.8, 4) is 0 Å². The number of carboxylic acids is 4. The summed E-state index contributed by atoms with van der Waals surface area (Å²) in [5.74, 6) is -7.61. The van der Waals surface area contributed by atoms with Gasteiger partial charge in [0.15, 0.2) is 0 Å². The Morgan fingerprint density at radius 1 is 0.392 bits per heavy atom. The average Bonchev–Trinajstić information content (AvgIpc) is 3.08. The van der Waals surface area contributed by atoms with Crippen molar-refractivity contribution in [2.45, 2.75) is 75.5 Å². The number of hydrogen-bond acceptors (Lipinski definition) is 17. The standard InChI is InChI=1S/C30H49N5O16/c36-23(37)1-5-27(44)48-15-19-11-31-9-10-32-20(16-49-28(45)6-2-24(38)39)12-34-22(18-51-30(47)8-4-26(42)43)14-35-21(13-33-19)17-50-29(46)7-3-25(40)41/h19-22,31-35H,1-18H2,(H,36,37)(H,38,39)(H,40,41)(H,42,43)/t19-,20-,21-,22-/m0/s1. The van der Waals surface area contributed by atoms with Crippen LogP contribution < -0.4 is 26.6 Å². The number of carbonyl (C=O) groups excluding carboxylic acids is 4. The molecule has 4 atom stereocenters. The Morgan fingerprint density at radius 2 is 0.667 bits per heavy atom. The fraction of sp³-hybridized carbons (Fsp3) is 0.733. The third kappa shape index (κ3) is 25.2. The Bertz CT molecular complexity index is 1070. The lowest BCUT2D eigenvalue weighted by atomic mass is 10.2. The normalized spacial score (nSPS) is 20.4. The minimum atomic E-state index is -1.18. The summed E-state index contributed by atoms with van der Waals surface area (Å²) in [7, 11) is 0. The van der Waals surface area contributed by atoms with Crippen LogP contribution in [0.15, 0.2) is 0 Å². The van der Waals surface area contributed by atoms with Crippen LogP contribution in [0.1, 0.15) is 51.4 Å². The number of esters is 4. The molecule has 0 aromatic carbocycles. The van der Waals surface area contributed by atoms with Crippen molar-refractivity contribution in [1.29, 1.82) is 0 Å². The molecule has 0 unspecified atom stereocenters. The second-order valence-corrected chi connectivity index (χ2v) is 11.5. The Morgan fingerprint density at radius 3 is 0.961 bits per heavy atom. The SMILES string of the molecule is O=C(O)CCC(=O)OC[C@@H]1CNCCN[C@H](COC(=O)CCC(=O)O)CN[C@H](COC(=O)CCC(=O)O)CN[C@H](COC(=O)CCC(=O)O)CN1. The summed E-state index contributed by atoms with van der Waals surface area (Å²) in [5, 5.41) is 51.4. The van der Waals surface area contributed by atoms with E-state index in [2.05, 4.69) is 26.6 Å². The van der Waals surface area contributed by atoms with Gasteiger partial charge in [-0.25, -0.2) is 0 Å². The molecule has 9 N–H and O–H groups in total. The quantitative estimate of drug-likeness (QED) is 0.0446. The van der Waals surface area contributed by atoms with Gasteiger partial charge in [-0.3, -0.25) is 38.4 Å². The van der Waals surface area contributed by atoms with Crippen LogP contribution in [-0.4, -0.2) is 158 Å². The van der Waals surface area contributed by atoms with Gasteiger partial charge in [0.2, 0.25) is 0 Å². The largest absolute Gasteiger partial charge is 0.481 e. The van der Waals surface area contributed by atoms with Gasteiger partial charge in [-0.1, -0.05) is 0 Å². The van der Waals surface area contributed by atoms with Gasteiger partial charge in [0.05, 0.1) is 75.5 Å². The molecule has 1 fully saturated rings. The minimum Gasteiger partial charge on any atom is -0.481 e. The molecule has 0 aliphatic carbocycles. The number of ether oxygens (including phenoxy) is 4. The van der Waals surface area contributed by atoms with E-state index < -0.39 is 97.6 Å². The zero-order valence-electron chi connectivity index (χ0n) is 28.2. The third-order valence-corrected chi connectivity index (χ3v) is 7.04. The number of carboxylic acid groups (broad SMARTS) is 4. The molecule has 290 valence electrons. The third-order valence-electron chi connectivity index (χ3n) is 7.04. The maximum atomic E-state index is 12.2. The Balaban J connectivity index is 3.13.